The lowest BCUT2D eigenvalue weighted by Crippen LogP contribution is -2.48. The summed E-state index contributed by atoms with van der Waals surface area (Å²) in [5.74, 6) is -1.58. The number of hydrogen-bond donors (Lipinski definition) is 3. The van der Waals surface area contributed by atoms with Gasteiger partial charge in [0.2, 0.25) is 0 Å². The fourth-order valence-electron chi connectivity index (χ4n) is 3.21. The number of aromatic amines is 1. The normalized spacial score (nSPS) is 17.0. The predicted molar refractivity (Wildman–Crippen MR) is 96.2 cm³/mol. The lowest BCUT2D eigenvalue weighted by molar-refractivity contribution is -0.143. The minimum absolute atomic E-state index is 0.269. The van der Waals surface area contributed by atoms with E-state index in [1.54, 1.807) is 36.7 Å². The van der Waals surface area contributed by atoms with Gasteiger partial charge in [-0.05, 0) is 49.9 Å². The van der Waals surface area contributed by atoms with Gasteiger partial charge in [0.05, 0.1) is 5.56 Å². The molecule has 1 unspecified atom stereocenters. The number of carboxylic acid groups (broad SMARTS) is 1. The van der Waals surface area contributed by atoms with Gasteiger partial charge in [-0.15, -0.1) is 0 Å². The number of H-pyrrole nitrogens is 1. The number of carbonyl (C=O) groups is 3. The Labute approximate surface area is 151 Å². The van der Waals surface area contributed by atoms with Crippen LogP contribution in [-0.2, 0) is 4.79 Å². The summed E-state index contributed by atoms with van der Waals surface area (Å²) in [5, 5.41) is 12.1. The van der Waals surface area contributed by atoms with Gasteiger partial charge in [-0.25, -0.2) is 4.79 Å². The van der Waals surface area contributed by atoms with E-state index >= 15 is 0 Å². The molecular formula is C19H21N3O4. The Kier molecular flexibility index (Phi) is 5.06. The van der Waals surface area contributed by atoms with Crippen molar-refractivity contribution in [2.24, 2.45) is 0 Å². The van der Waals surface area contributed by atoms with E-state index in [0.717, 1.165) is 18.4 Å². The van der Waals surface area contributed by atoms with Gasteiger partial charge in [-0.3, -0.25) is 9.59 Å². The van der Waals surface area contributed by atoms with Crippen LogP contribution in [0, 0.1) is 6.92 Å². The first-order chi connectivity index (χ1) is 12.5. The number of carbonyl (C=O) groups excluding carboxylic acids is 2. The molecule has 2 amide bonds. The molecule has 136 valence electrons. The number of rotatable bonds is 4. The van der Waals surface area contributed by atoms with E-state index in [1.807, 2.05) is 6.92 Å². The number of benzene rings is 1. The second-order valence-electron chi connectivity index (χ2n) is 6.44. The molecule has 7 heteroatoms. The van der Waals surface area contributed by atoms with Crippen molar-refractivity contribution in [1.82, 2.24) is 9.88 Å². The zero-order valence-corrected chi connectivity index (χ0v) is 14.5. The summed E-state index contributed by atoms with van der Waals surface area (Å²) in [6.45, 7) is 2.25. The molecule has 3 N–H and O–H groups in total. The van der Waals surface area contributed by atoms with Gasteiger partial charge in [0.1, 0.15) is 6.04 Å². The van der Waals surface area contributed by atoms with E-state index in [4.69, 9.17) is 0 Å². The van der Waals surface area contributed by atoms with Gasteiger partial charge in [0, 0.05) is 30.2 Å². The van der Waals surface area contributed by atoms with Crippen molar-refractivity contribution >= 4 is 23.5 Å². The first kappa shape index (κ1) is 17.7. The number of aromatic nitrogens is 1. The molecule has 1 aliphatic rings. The van der Waals surface area contributed by atoms with Crippen molar-refractivity contribution < 1.29 is 19.5 Å². The SMILES string of the molecule is Cc1c[nH]cc1C(=O)Nc1cccc(C(=O)N2CCCCC2C(=O)O)c1. The van der Waals surface area contributed by atoms with Crippen LogP contribution in [0.3, 0.4) is 0 Å². The molecule has 0 radical (unpaired) electrons. The van der Waals surface area contributed by atoms with Crippen molar-refractivity contribution in [3.63, 3.8) is 0 Å². The second kappa shape index (κ2) is 7.43. The number of aryl methyl sites for hydroxylation is 1. The van der Waals surface area contributed by atoms with E-state index in [1.165, 1.54) is 4.90 Å². The Balaban J connectivity index is 1.78. The topological polar surface area (TPSA) is 103 Å². The predicted octanol–water partition coefficient (Wildman–Crippen LogP) is 2.65. The Bertz CT molecular complexity index is 843. The van der Waals surface area contributed by atoms with Gasteiger partial charge in [-0.1, -0.05) is 6.07 Å². The highest BCUT2D eigenvalue weighted by Gasteiger charge is 2.32. The third-order valence-corrected chi connectivity index (χ3v) is 4.61. The monoisotopic (exact) mass is 355 g/mol. The number of amides is 2. The van der Waals surface area contributed by atoms with E-state index in [0.29, 0.717) is 29.8 Å². The summed E-state index contributed by atoms with van der Waals surface area (Å²) in [5.41, 5.74) is 2.21. The summed E-state index contributed by atoms with van der Waals surface area (Å²) in [6.07, 6.45) is 5.40. The number of carboxylic acids is 1. The van der Waals surface area contributed by atoms with Crippen LogP contribution in [0.25, 0.3) is 0 Å². The number of nitrogens with zero attached hydrogens (tertiary/aromatic N) is 1. The fraction of sp³-hybridized carbons (Fsp3) is 0.316. The molecule has 0 saturated carbocycles. The molecule has 1 aromatic heterocycles. The minimum atomic E-state index is -0.981. The highest BCUT2D eigenvalue weighted by Crippen LogP contribution is 2.21. The molecule has 1 aliphatic heterocycles. The maximum absolute atomic E-state index is 12.8. The molecule has 1 atom stereocenters. The van der Waals surface area contributed by atoms with Crippen LogP contribution in [0.4, 0.5) is 5.69 Å². The molecule has 2 heterocycles. The number of hydrogen-bond acceptors (Lipinski definition) is 3. The van der Waals surface area contributed by atoms with Crippen LogP contribution in [0.2, 0.25) is 0 Å². The third-order valence-electron chi connectivity index (χ3n) is 4.61. The van der Waals surface area contributed by atoms with Crippen LogP contribution < -0.4 is 5.32 Å². The quantitative estimate of drug-likeness (QED) is 0.784. The zero-order chi connectivity index (χ0) is 18.7. The Morgan fingerprint density at radius 3 is 2.73 bits per heavy atom. The molecule has 1 aromatic carbocycles. The summed E-state index contributed by atoms with van der Waals surface area (Å²) in [7, 11) is 0. The van der Waals surface area contributed by atoms with Crippen molar-refractivity contribution in [1.29, 1.82) is 0 Å². The van der Waals surface area contributed by atoms with E-state index < -0.39 is 12.0 Å². The zero-order valence-electron chi connectivity index (χ0n) is 14.5. The van der Waals surface area contributed by atoms with Gasteiger partial charge >= 0.3 is 5.97 Å². The van der Waals surface area contributed by atoms with Crippen molar-refractivity contribution in [3.05, 3.63) is 53.3 Å². The van der Waals surface area contributed by atoms with Crippen LogP contribution in [0.15, 0.2) is 36.7 Å². The third kappa shape index (κ3) is 3.61. The molecule has 2 aromatic rings. The summed E-state index contributed by atoms with van der Waals surface area (Å²) in [6, 6.07) is 5.79. The number of likely N-dealkylation sites (tertiary alicyclic amines) is 1. The Morgan fingerprint density at radius 2 is 2.04 bits per heavy atom. The largest absolute Gasteiger partial charge is 0.480 e. The summed E-state index contributed by atoms with van der Waals surface area (Å²) < 4.78 is 0. The average molecular weight is 355 g/mol. The number of aliphatic carboxylic acids is 1. The molecule has 1 fully saturated rings. The number of piperidine rings is 1. The minimum Gasteiger partial charge on any atom is -0.480 e. The van der Waals surface area contributed by atoms with Crippen molar-refractivity contribution in [2.45, 2.75) is 32.2 Å². The molecule has 3 rings (SSSR count). The molecule has 0 bridgehead atoms. The lowest BCUT2D eigenvalue weighted by atomic mass is 10.0. The standard InChI is InChI=1S/C19H21N3O4/c1-12-10-20-11-15(12)17(23)21-14-6-4-5-13(9-14)18(24)22-8-3-2-7-16(22)19(25)26/h4-6,9-11,16,20H,2-3,7-8H2,1H3,(H,21,23)(H,25,26). The van der Waals surface area contributed by atoms with Crippen molar-refractivity contribution in [2.75, 3.05) is 11.9 Å². The van der Waals surface area contributed by atoms with E-state index in [9.17, 15) is 19.5 Å². The van der Waals surface area contributed by atoms with Gasteiger partial charge in [0.25, 0.3) is 11.8 Å². The summed E-state index contributed by atoms with van der Waals surface area (Å²) in [4.78, 5) is 40.8. The number of nitrogens with one attached hydrogen (secondary N) is 2. The molecule has 7 nitrogen and oxygen atoms in total. The molecule has 1 saturated heterocycles. The number of anilines is 1. The van der Waals surface area contributed by atoms with Crippen LogP contribution in [0.1, 0.15) is 45.5 Å². The molecular weight excluding hydrogens is 334 g/mol. The molecule has 26 heavy (non-hydrogen) atoms. The van der Waals surface area contributed by atoms with E-state index in [-0.39, 0.29) is 11.8 Å². The first-order valence-corrected chi connectivity index (χ1v) is 8.56. The molecule has 0 aliphatic carbocycles. The Hall–Kier alpha value is -3.09. The van der Waals surface area contributed by atoms with Crippen LogP contribution in [-0.4, -0.2) is 45.4 Å². The highest BCUT2D eigenvalue weighted by molar-refractivity contribution is 6.06. The molecule has 0 spiro atoms. The lowest BCUT2D eigenvalue weighted by Gasteiger charge is -2.33. The first-order valence-electron chi connectivity index (χ1n) is 8.56. The van der Waals surface area contributed by atoms with Gasteiger partial charge in [-0.2, -0.15) is 0 Å². The summed E-state index contributed by atoms with van der Waals surface area (Å²) >= 11 is 0. The second-order valence-corrected chi connectivity index (χ2v) is 6.44. The van der Waals surface area contributed by atoms with Gasteiger partial charge < -0.3 is 20.3 Å². The van der Waals surface area contributed by atoms with Crippen molar-refractivity contribution in [3.8, 4) is 0 Å². The maximum Gasteiger partial charge on any atom is 0.326 e. The highest BCUT2D eigenvalue weighted by atomic mass is 16.4. The fourth-order valence-corrected chi connectivity index (χ4v) is 3.21. The van der Waals surface area contributed by atoms with Crippen LogP contribution >= 0.6 is 0 Å². The average Bonchev–Trinajstić information content (AvgIpc) is 3.07. The maximum atomic E-state index is 12.8. The van der Waals surface area contributed by atoms with Gasteiger partial charge in [0.15, 0.2) is 0 Å². The Morgan fingerprint density at radius 1 is 1.23 bits per heavy atom. The smallest absolute Gasteiger partial charge is 0.326 e. The van der Waals surface area contributed by atoms with E-state index in [2.05, 4.69) is 10.3 Å². The van der Waals surface area contributed by atoms with Crippen LogP contribution in [0.5, 0.6) is 0 Å².